The first-order valence-electron chi connectivity index (χ1n) is 12.3. The van der Waals surface area contributed by atoms with E-state index < -0.39 is 10.0 Å². The van der Waals surface area contributed by atoms with Gasteiger partial charge in [0.25, 0.3) is 5.91 Å². The van der Waals surface area contributed by atoms with Crippen LogP contribution >= 0.6 is 0 Å². The van der Waals surface area contributed by atoms with Crippen LogP contribution in [-0.2, 0) is 14.8 Å². The molecule has 184 valence electrons. The number of carbonyl (C=O) groups excluding carboxylic acids is 1. The third kappa shape index (κ3) is 6.07. The molecular formula is C24H37N3O5S. The smallest absolute Gasteiger partial charge is 0.251 e. The zero-order chi connectivity index (χ0) is 23.3. The van der Waals surface area contributed by atoms with Crippen LogP contribution in [0.1, 0.15) is 55.3 Å². The number of methoxy groups -OCH3 is 1. The third-order valence-corrected chi connectivity index (χ3v) is 9.10. The van der Waals surface area contributed by atoms with Crippen molar-refractivity contribution < 1.29 is 22.7 Å². The lowest BCUT2D eigenvalue weighted by atomic mass is 9.88. The highest BCUT2D eigenvalue weighted by Gasteiger charge is 2.30. The van der Waals surface area contributed by atoms with Gasteiger partial charge in [0.05, 0.1) is 20.3 Å². The summed E-state index contributed by atoms with van der Waals surface area (Å²) in [4.78, 5) is 15.5. The molecule has 33 heavy (non-hydrogen) atoms. The number of nitrogens with zero attached hydrogens (tertiary/aromatic N) is 2. The van der Waals surface area contributed by atoms with Gasteiger partial charge in [0.1, 0.15) is 10.6 Å². The van der Waals surface area contributed by atoms with Gasteiger partial charge >= 0.3 is 0 Å². The van der Waals surface area contributed by atoms with Gasteiger partial charge in [0.15, 0.2) is 0 Å². The molecule has 2 saturated heterocycles. The molecule has 1 aromatic rings. The van der Waals surface area contributed by atoms with Gasteiger partial charge in [-0.1, -0.05) is 19.3 Å². The number of sulfonamides is 1. The van der Waals surface area contributed by atoms with Crippen LogP contribution in [0.2, 0.25) is 0 Å². The predicted octanol–water partition coefficient (Wildman–Crippen LogP) is 2.49. The fourth-order valence-corrected chi connectivity index (χ4v) is 6.80. The van der Waals surface area contributed by atoms with Crippen molar-refractivity contribution in [3.8, 4) is 5.75 Å². The minimum absolute atomic E-state index is 0.0295. The summed E-state index contributed by atoms with van der Waals surface area (Å²) in [6.45, 7) is 4.49. The largest absolute Gasteiger partial charge is 0.495 e. The number of ether oxygens (including phenoxy) is 2. The molecule has 1 N–H and O–H groups in total. The van der Waals surface area contributed by atoms with Crippen molar-refractivity contribution in [1.29, 1.82) is 0 Å². The Morgan fingerprint density at radius 3 is 2.42 bits per heavy atom. The molecular weight excluding hydrogens is 442 g/mol. The zero-order valence-corrected chi connectivity index (χ0v) is 20.4. The number of carbonyl (C=O) groups is 1. The number of rotatable bonds is 7. The van der Waals surface area contributed by atoms with Crippen LogP contribution in [-0.4, -0.2) is 82.6 Å². The van der Waals surface area contributed by atoms with E-state index in [1.165, 1.54) is 56.1 Å². The zero-order valence-electron chi connectivity index (χ0n) is 19.6. The number of morpholine rings is 1. The summed E-state index contributed by atoms with van der Waals surface area (Å²) in [5, 5.41) is 3.12. The van der Waals surface area contributed by atoms with E-state index in [1.54, 1.807) is 12.1 Å². The van der Waals surface area contributed by atoms with Crippen molar-refractivity contribution in [2.24, 2.45) is 5.92 Å². The second-order valence-electron chi connectivity index (χ2n) is 9.43. The Morgan fingerprint density at radius 1 is 1.06 bits per heavy atom. The normalized spacial score (nSPS) is 22.2. The Kier molecular flexibility index (Phi) is 8.27. The molecule has 0 atom stereocenters. The van der Waals surface area contributed by atoms with Crippen molar-refractivity contribution in [2.75, 3.05) is 53.0 Å². The maximum atomic E-state index is 13.2. The molecule has 8 nitrogen and oxygen atoms in total. The number of benzene rings is 1. The van der Waals surface area contributed by atoms with Crippen molar-refractivity contribution in [2.45, 2.75) is 55.9 Å². The molecule has 2 aliphatic heterocycles. The molecule has 1 amide bonds. The van der Waals surface area contributed by atoms with E-state index in [9.17, 15) is 13.2 Å². The first kappa shape index (κ1) is 24.4. The first-order chi connectivity index (χ1) is 16.0. The Labute approximate surface area is 197 Å². The number of amides is 1. The average molecular weight is 480 g/mol. The van der Waals surface area contributed by atoms with Gasteiger partial charge in [0.2, 0.25) is 10.0 Å². The summed E-state index contributed by atoms with van der Waals surface area (Å²) in [6.07, 6.45) is 8.66. The van der Waals surface area contributed by atoms with Crippen molar-refractivity contribution in [3.05, 3.63) is 23.8 Å². The molecule has 0 unspecified atom stereocenters. The lowest BCUT2D eigenvalue weighted by Crippen LogP contribution is -2.46. The van der Waals surface area contributed by atoms with Crippen molar-refractivity contribution in [3.63, 3.8) is 0 Å². The molecule has 0 radical (unpaired) electrons. The van der Waals surface area contributed by atoms with Gasteiger partial charge in [-0.3, -0.25) is 4.79 Å². The van der Waals surface area contributed by atoms with Crippen LogP contribution in [0.15, 0.2) is 23.1 Å². The highest BCUT2D eigenvalue weighted by molar-refractivity contribution is 7.89. The fourth-order valence-electron chi connectivity index (χ4n) is 5.21. The van der Waals surface area contributed by atoms with Crippen molar-refractivity contribution in [1.82, 2.24) is 14.5 Å². The summed E-state index contributed by atoms with van der Waals surface area (Å²) in [7, 11) is -2.33. The summed E-state index contributed by atoms with van der Waals surface area (Å²) < 4.78 is 38.3. The molecule has 9 heteroatoms. The molecule has 0 bridgehead atoms. The van der Waals surface area contributed by atoms with Crippen LogP contribution in [0.3, 0.4) is 0 Å². The molecule has 1 aliphatic carbocycles. The van der Waals surface area contributed by atoms with Gasteiger partial charge in [-0.05, 0) is 49.8 Å². The summed E-state index contributed by atoms with van der Waals surface area (Å²) >= 11 is 0. The number of piperidine rings is 1. The standard InChI is InChI=1S/C24H37N3O5S/c1-31-22-8-7-20(17-23(22)33(29,30)27-13-15-32-16-14-27)24(28)25-21-9-11-26(12-10-21)18-19-5-3-2-4-6-19/h7-8,17,19,21H,2-6,9-16,18H2,1H3,(H,25,28). The molecule has 1 aromatic carbocycles. The molecule has 1 saturated carbocycles. The fraction of sp³-hybridized carbons (Fsp3) is 0.708. The van der Waals surface area contributed by atoms with E-state index in [2.05, 4.69) is 10.2 Å². The number of nitrogens with one attached hydrogen (secondary N) is 1. The highest BCUT2D eigenvalue weighted by Crippen LogP contribution is 2.29. The van der Waals surface area contributed by atoms with E-state index in [0.29, 0.717) is 31.9 Å². The van der Waals surface area contributed by atoms with Crippen LogP contribution in [0.5, 0.6) is 5.75 Å². The summed E-state index contributed by atoms with van der Waals surface area (Å²) in [5.74, 6) is 0.840. The second-order valence-corrected chi connectivity index (χ2v) is 11.3. The van der Waals surface area contributed by atoms with Gasteiger partial charge in [-0.2, -0.15) is 4.31 Å². The Hall–Kier alpha value is -1.68. The molecule has 3 fully saturated rings. The minimum Gasteiger partial charge on any atom is -0.495 e. The monoisotopic (exact) mass is 479 g/mol. The van der Waals surface area contributed by atoms with Crippen LogP contribution in [0, 0.1) is 5.92 Å². The summed E-state index contributed by atoms with van der Waals surface area (Å²) in [5.41, 5.74) is 0.340. The topological polar surface area (TPSA) is 88.2 Å². The van der Waals surface area contributed by atoms with Crippen molar-refractivity contribution >= 4 is 15.9 Å². The Bertz CT molecular complexity index is 903. The van der Waals surface area contributed by atoms with Gasteiger partial charge in [-0.15, -0.1) is 0 Å². The van der Waals surface area contributed by atoms with E-state index in [-0.39, 0.29) is 22.6 Å². The Balaban J connectivity index is 1.37. The highest BCUT2D eigenvalue weighted by atomic mass is 32.2. The lowest BCUT2D eigenvalue weighted by Gasteiger charge is -2.35. The summed E-state index contributed by atoms with van der Waals surface area (Å²) in [6, 6.07) is 4.75. The minimum atomic E-state index is -3.77. The van der Waals surface area contributed by atoms with Gasteiger partial charge in [0, 0.05) is 44.3 Å². The number of likely N-dealkylation sites (tertiary alicyclic amines) is 1. The maximum absolute atomic E-state index is 13.2. The van der Waals surface area contributed by atoms with E-state index in [0.717, 1.165) is 31.8 Å². The number of hydrogen-bond acceptors (Lipinski definition) is 6. The Morgan fingerprint density at radius 2 is 1.76 bits per heavy atom. The van der Waals surface area contributed by atoms with E-state index in [1.807, 2.05) is 0 Å². The van der Waals surface area contributed by atoms with Gasteiger partial charge < -0.3 is 19.7 Å². The molecule has 3 aliphatic rings. The quantitative estimate of drug-likeness (QED) is 0.647. The molecule has 0 aromatic heterocycles. The average Bonchev–Trinajstić information content (AvgIpc) is 2.86. The maximum Gasteiger partial charge on any atom is 0.251 e. The third-order valence-electron chi connectivity index (χ3n) is 7.18. The first-order valence-corrected chi connectivity index (χ1v) is 13.7. The molecule has 2 heterocycles. The van der Waals surface area contributed by atoms with E-state index >= 15 is 0 Å². The number of hydrogen-bond donors (Lipinski definition) is 1. The lowest BCUT2D eigenvalue weighted by molar-refractivity contribution is 0.0729. The SMILES string of the molecule is COc1ccc(C(=O)NC2CCN(CC3CCCCC3)CC2)cc1S(=O)(=O)N1CCOCC1. The van der Waals surface area contributed by atoms with Crippen LogP contribution in [0.25, 0.3) is 0 Å². The molecule has 0 spiro atoms. The molecule has 4 rings (SSSR count). The predicted molar refractivity (Wildman–Crippen MR) is 126 cm³/mol. The van der Waals surface area contributed by atoms with E-state index in [4.69, 9.17) is 9.47 Å². The van der Waals surface area contributed by atoms with Crippen LogP contribution < -0.4 is 10.1 Å². The van der Waals surface area contributed by atoms with Crippen LogP contribution in [0.4, 0.5) is 0 Å². The van der Waals surface area contributed by atoms with Gasteiger partial charge in [-0.25, -0.2) is 8.42 Å². The second kappa shape index (κ2) is 11.2.